The molecule has 1 aromatic carbocycles. The molecule has 0 aliphatic heterocycles. The van der Waals surface area contributed by atoms with Crippen molar-refractivity contribution >= 4 is 29.1 Å². The van der Waals surface area contributed by atoms with Crippen LogP contribution in [0.3, 0.4) is 0 Å². The Morgan fingerprint density at radius 2 is 1.96 bits per heavy atom. The van der Waals surface area contributed by atoms with Crippen molar-refractivity contribution in [2.75, 3.05) is 5.32 Å². The van der Waals surface area contributed by atoms with Crippen LogP contribution < -0.4 is 10.6 Å². The lowest BCUT2D eigenvalue weighted by Gasteiger charge is -2.23. The number of anilines is 1. The molecule has 0 saturated heterocycles. The van der Waals surface area contributed by atoms with Crippen LogP contribution in [0.4, 0.5) is 5.69 Å². The van der Waals surface area contributed by atoms with E-state index in [4.69, 9.17) is 16.0 Å². The number of nitrogens with one attached hydrogen (secondary N) is 2. The first-order valence-corrected chi connectivity index (χ1v) is 7.57. The van der Waals surface area contributed by atoms with E-state index < -0.39 is 5.41 Å². The molecule has 23 heavy (non-hydrogen) atoms. The zero-order chi connectivity index (χ0) is 17.0. The van der Waals surface area contributed by atoms with Gasteiger partial charge in [-0.3, -0.25) is 9.59 Å². The number of carbonyl (C=O) groups is 2. The number of furan rings is 1. The van der Waals surface area contributed by atoms with Crippen molar-refractivity contribution in [2.24, 2.45) is 5.41 Å². The highest BCUT2D eigenvalue weighted by Gasteiger charge is 2.36. The number of benzene rings is 1. The van der Waals surface area contributed by atoms with E-state index in [1.54, 1.807) is 44.2 Å². The molecule has 0 fully saturated rings. The molecule has 0 unspecified atom stereocenters. The molecule has 0 bridgehead atoms. The smallest absolute Gasteiger partial charge is 0.239 e. The van der Waals surface area contributed by atoms with Crippen LogP contribution in [0.1, 0.15) is 25.2 Å². The van der Waals surface area contributed by atoms with Crippen molar-refractivity contribution in [3.05, 3.63) is 52.9 Å². The highest BCUT2D eigenvalue weighted by molar-refractivity contribution is 6.30. The number of halogens is 1. The third-order valence-corrected chi connectivity index (χ3v) is 3.81. The summed E-state index contributed by atoms with van der Waals surface area (Å²) in [6, 6.07) is 8.65. The first-order valence-electron chi connectivity index (χ1n) is 7.19. The summed E-state index contributed by atoms with van der Waals surface area (Å²) in [6.45, 7) is 5.23. The van der Waals surface area contributed by atoms with Crippen molar-refractivity contribution < 1.29 is 14.0 Å². The monoisotopic (exact) mass is 334 g/mol. The van der Waals surface area contributed by atoms with Gasteiger partial charge in [0.15, 0.2) is 0 Å². The second-order valence-corrected chi connectivity index (χ2v) is 6.24. The van der Waals surface area contributed by atoms with Crippen molar-refractivity contribution in [1.29, 1.82) is 0 Å². The minimum Gasteiger partial charge on any atom is -0.467 e. The minimum absolute atomic E-state index is 0.239. The number of hydrogen-bond acceptors (Lipinski definition) is 3. The molecule has 0 aliphatic rings. The molecule has 0 radical (unpaired) electrons. The molecule has 2 N–H and O–H groups in total. The van der Waals surface area contributed by atoms with Crippen molar-refractivity contribution in [2.45, 2.75) is 27.3 Å². The first kappa shape index (κ1) is 17.1. The van der Waals surface area contributed by atoms with E-state index >= 15 is 0 Å². The molecule has 0 aliphatic carbocycles. The molecule has 5 nitrogen and oxygen atoms in total. The highest BCUT2D eigenvalue weighted by atomic mass is 35.5. The normalized spacial score (nSPS) is 11.1. The lowest BCUT2D eigenvalue weighted by atomic mass is 9.90. The largest absolute Gasteiger partial charge is 0.467 e. The maximum absolute atomic E-state index is 12.4. The molecule has 2 aromatic rings. The quantitative estimate of drug-likeness (QED) is 0.822. The minimum atomic E-state index is -1.22. The van der Waals surface area contributed by atoms with Crippen LogP contribution in [0.2, 0.25) is 5.02 Å². The Labute approximate surface area is 140 Å². The van der Waals surface area contributed by atoms with Gasteiger partial charge >= 0.3 is 0 Å². The van der Waals surface area contributed by atoms with Gasteiger partial charge in [0.05, 0.1) is 12.8 Å². The van der Waals surface area contributed by atoms with Gasteiger partial charge in [-0.25, -0.2) is 0 Å². The number of hydrogen-bond donors (Lipinski definition) is 2. The van der Waals surface area contributed by atoms with Gasteiger partial charge in [0.1, 0.15) is 11.2 Å². The van der Waals surface area contributed by atoms with E-state index in [9.17, 15) is 9.59 Å². The van der Waals surface area contributed by atoms with Crippen LogP contribution in [0, 0.1) is 12.3 Å². The second-order valence-electron chi connectivity index (χ2n) is 5.80. The zero-order valence-corrected chi connectivity index (χ0v) is 14.0. The third-order valence-electron chi connectivity index (χ3n) is 3.58. The average Bonchev–Trinajstić information content (AvgIpc) is 3.00. The van der Waals surface area contributed by atoms with Gasteiger partial charge in [-0.1, -0.05) is 11.6 Å². The molecule has 0 atom stereocenters. The van der Waals surface area contributed by atoms with E-state index in [-0.39, 0.29) is 18.4 Å². The van der Waals surface area contributed by atoms with Crippen LogP contribution in [0.5, 0.6) is 0 Å². The Balaban J connectivity index is 2.02. The van der Waals surface area contributed by atoms with Crippen LogP contribution in [0.15, 0.2) is 41.0 Å². The number of amides is 2. The summed E-state index contributed by atoms with van der Waals surface area (Å²) < 4.78 is 5.15. The topological polar surface area (TPSA) is 71.3 Å². The van der Waals surface area contributed by atoms with Crippen molar-refractivity contribution in [3.8, 4) is 0 Å². The molecule has 2 amide bonds. The molecule has 6 heteroatoms. The van der Waals surface area contributed by atoms with Crippen molar-refractivity contribution in [3.63, 3.8) is 0 Å². The fourth-order valence-electron chi connectivity index (χ4n) is 1.95. The fraction of sp³-hybridized carbons (Fsp3) is 0.294. The van der Waals surface area contributed by atoms with Gasteiger partial charge in [0.25, 0.3) is 0 Å². The Kier molecular flexibility index (Phi) is 5.11. The Morgan fingerprint density at radius 1 is 1.22 bits per heavy atom. The van der Waals surface area contributed by atoms with Gasteiger partial charge in [0.2, 0.25) is 11.8 Å². The molecular weight excluding hydrogens is 316 g/mol. The summed E-state index contributed by atoms with van der Waals surface area (Å²) in [5, 5.41) is 6.06. The lowest BCUT2D eigenvalue weighted by Crippen LogP contribution is -2.44. The predicted molar refractivity (Wildman–Crippen MR) is 89.2 cm³/mol. The summed E-state index contributed by atoms with van der Waals surface area (Å²) in [5.74, 6) is -0.138. The van der Waals surface area contributed by atoms with E-state index in [0.29, 0.717) is 16.5 Å². The molecule has 0 spiro atoms. The summed E-state index contributed by atoms with van der Waals surface area (Å²) in [7, 11) is 0. The standard InChI is InChI=1S/C17H19ClN2O3/c1-11-9-12(18)6-7-14(11)20-16(22)17(2,3)15(21)19-10-13-5-4-8-23-13/h4-9H,10H2,1-3H3,(H,19,21)(H,20,22). The zero-order valence-electron chi connectivity index (χ0n) is 13.3. The van der Waals surface area contributed by atoms with Crippen LogP contribution in [0.25, 0.3) is 0 Å². The van der Waals surface area contributed by atoms with E-state index in [1.165, 1.54) is 6.26 Å². The SMILES string of the molecule is Cc1cc(Cl)ccc1NC(=O)C(C)(C)C(=O)NCc1ccco1. The molecule has 0 saturated carbocycles. The Morgan fingerprint density at radius 3 is 2.57 bits per heavy atom. The Bertz CT molecular complexity index is 709. The van der Waals surface area contributed by atoms with E-state index in [1.807, 2.05) is 6.92 Å². The molecule has 1 aromatic heterocycles. The lowest BCUT2D eigenvalue weighted by molar-refractivity contribution is -0.138. The summed E-state index contributed by atoms with van der Waals surface area (Å²) >= 11 is 5.90. The number of carbonyl (C=O) groups excluding carboxylic acids is 2. The Hall–Kier alpha value is -2.27. The first-order chi connectivity index (χ1) is 10.8. The van der Waals surface area contributed by atoms with E-state index in [0.717, 1.165) is 5.56 Å². The fourth-order valence-corrected chi connectivity index (χ4v) is 2.18. The second kappa shape index (κ2) is 6.87. The predicted octanol–water partition coefficient (Wildman–Crippen LogP) is 3.52. The maximum Gasteiger partial charge on any atom is 0.239 e. The van der Waals surface area contributed by atoms with Gasteiger partial charge in [0, 0.05) is 10.7 Å². The van der Waals surface area contributed by atoms with Crippen LogP contribution in [-0.2, 0) is 16.1 Å². The molecular formula is C17H19ClN2O3. The number of aryl methyl sites for hydroxylation is 1. The number of rotatable bonds is 5. The van der Waals surface area contributed by atoms with Gasteiger partial charge < -0.3 is 15.1 Å². The average molecular weight is 335 g/mol. The highest BCUT2D eigenvalue weighted by Crippen LogP contribution is 2.23. The summed E-state index contributed by atoms with van der Waals surface area (Å²) in [5.41, 5.74) is 0.238. The summed E-state index contributed by atoms with van der Waals surface area (Å²) in [4.78, 5) is 24.7. The van der Waals surface area contributed by atoms with Crippen LogP contribution >= 0.6 is 11.6 Å². The molecule has 122 valence electrons. The summed E-state index contributed by atoms with van der Waals surface area (Å²) in [6.07, 6.45) is 1.53. The van der Waals surface area contributed by atoms with E-state index in [2.05, 4.69) is 10.6 Å². The van der Waals surface area contributed by atoms with Gasteiger partial charge in [-0.05, 0) is 56.7 Å². The molecule has 2 rings (SSSR count). The third kappa shape index (κ3) is 4.13. The van der Waals surface area contributed by atoms with Gasteiger partial charge in [-0.15, -0.1) is 0 Å². The maximum atomic E-state index is 12.4. The molecule has 1 heterocycles. The van der Waals surface area contributed by atoms with Crippen molar-refractivity contribution in [1.82, 2.24) is 5.32 Å². The van der Waals surface area contributed by atoms with Crippen LogP contribution in [-0.4, -0.2) is 11.8 Å². The van der Waals surface area contributed by atoms with Gasteiger partial charge in [-0.2, -0.15) is 0 Å².